The van der Waals surface area contributed by atoms with Gasteiger partial charge >= 0.3 is 0 Å². The summed E-state index contributed by atoms with van der Waals surface area (Å²) in [4.78, 5) is -0.224. The van der Waals surface area contributed by atoms with E-state index in [1.54, 1.807) is 0 Å². The number of halogens is 2. The van der Waals surface area contributed by atoms with Crippen molar-refractivity contribution in [1.82, 2.24) is 10.0 Å². The lowest BCUT2D eigenvalue weighted by atomic mass is 9.78. The molecule has 118 valence electrons. The quantitative estimate of drug-likeness (QED) is 0.889. The van der Waals surface area contributed by atoms with Crippen molar-refractivity contribution in [2.45, 2.75) is 37.6 Å². The molecule has 1 aromatic carbocycles. The summed E-state index contributed by atoms with van der Waals surface area (Å²) in [6, 6.07) is 3.35. The maximum Gasteiger partial charge on any atom is 0.242 e. The third-order valence-electron chi connectivity index (χ3n) is 3.99. The van der Waals surface area contributed by atoms with E-state index in [0.29, 0.717) is 0 Å². The first-order valence-electron chi connectivity index (χ1n) is 6.90. The Morgan fingerprint density at radius 2 is 2.19 bits per heavy atom. The van der Waals surface area contributed by atoms with Crippen LogP contribution in [0, 0.1) is 11.2 Å². The molecule has 0 aliphatic carbocycles. The topological polar surface area (TPSA) is 58.2 Å². The van der Waals surface area contributed by atoms with E-state index in [4.69, 9.17) is 11.6 Å². The van der Waals surface area contributed by atoms with Crippen LogP contribution in [0.4, 0.5) is 4.39 Å². The number of piperidine rings is 1. The minimum atomic E-state index is -3.82. The summed E-state index contributed by atoms with van der Waals surface area (Å²) < 4.78 is 40.3. The molecule has 1 atom stereocenters. The van der Waals surface area contributed by atoms with Crippen LogP contribution in [0.15, 0.2) is 23.1 Å². The van der Waals surface area contributed by atoms with Gasteiger partial charge in [-0.2, -0.15) is 0 Å². The summed E-state index contributed by atoms with van der Waals surface area (Å²) in [5.41, 5.74) is 0.00645. The van der Waals surface area contributed by atoms with Crippen molar-refractivity contribution in [3.8, 4) is 0 Å². The van der Waals surface area contributed by atoms with Gasteiger partial charge < -0.3 is 5.32 Å². The van der Waals surface area contributed by atoms with Crippen molar-refractivity contribution in [1.29, 1.82) is 0 Å². The number of nitrogens with one attached hydrogen (secondary N) is 2. The minimum Gasteiger partial charge on any atom is -0.312 e. The van der Waals surface area contributed by atoms with Gasteiger partial charge in [-0.15, -0.1) is 0 Å². The van der Waals surface area contributed by atoms with Crippen LogP contribution in [0.1, 0.15) is 26.7 Å². The number of hydrogen-bond acceptors (Lipinski definition) is 3. The van der Waals surface area contributed by atoms with Crippen molar-refractivity contribution in [2.24, 2.45) is 5.41 Å². The molecular formula is C14H20ClFN2O2S. The smallest absolute Gasteiger partial charge is 0.242 e. The maximum absolute atomic E-state index is 13.2. The standard InChI is InChI=1S/C14H20ClFN2O2S/c1-14(2)6-3-7-17-13(14)9-18-21(19,20)12-8-10(16)4-5-11(12)15/h4-5,8,13,17-18H,3,6-7,9H2,1-2H3. The molecule has 0 bridgehead atoms. The van der Waals surface area contributed by atoms with Gasteiger partial charge in [-0.1, -0.05) is 25.4 Å². The molecule has 0 radical (unpaired) electrons. The van der Waals surface area contributed by atoms with Crippen molar-refractivity contribution < 1.29 is 12.8 Å². The third-order valence-corrected chi connectivity index (χ3v) is 5.90. The van der Waals surface area contributed by atoms with Gasteiger partial charge in [-0.3, -0.25) is 0 Å². The summed E-state index contributed by atoms with van der Waals surface area (Å²) in [5, 5.41) is 3.34. The predicted molar refractivity (Wildman–Crippen MR) is 81.4 cm³/mol. The third kappa shape index (κ3) is 3.94. The van der Waals surface area contributed by atoms with Gasteiger partial charge in [0, 0.05) is 12.6 Å². The van der Waals surface area contributed by atoms with Crippen LogP contribution in [-0.4, -0.2) is 27.5 Å². The second-order valence-corrected chi connectivity index (χ2v) is 8.17. The van der Waals surface area contributed by atoms with E-state index < -0.39 is 15.8 Å². The van der Waals surface area contributed by atoms with Gasteiger partial charge in [0.1, 0.15) is 10.7 Å². The summed E-state index contributed by atoms with van der Waals surface area (Å²) in [7, 11) is -3.82. The highest BCUT2D eigenvalue weighted by Gasteiger charge is 2.33. The van der Waals surface area contributed by atoms with Gasteiger partial charge in [-0.05, 0) is 43.0 Å². The van der Waals surface area contributed by atoms with Gasteiger partial charge in [-0.25, -0.2) is 17.5 Å². The van der Waals surface area contributed by atoms with Crippen LogP contribution < -0.4 is 10.0 Å². The Balaban J connectivity index is 2.13. The van der Waals surface area contributed by atoms with E-state index in [1.165, 1.54) is 6.07 Å². The fourth-order valence-electron chi connectivity index (χ4n) is 2.57. The molecule has 2 rings (SSSR count). The van der Waals surface area contributed by atoms with Crippen LogP contribution >= 0.6 is 11.6 Å². The number of hydrogen-bond donors (Lipinski definition) is 2. The predicted octanol–water partition coefficient (Wildman–Crippen LogP) is 2.54. The molecule has 2 N–H and O–H groups in total. The van der Waals surface area contributed by atoms with E-state index in [1.807, 2.05) is 0 Å². The zero-order valence-electron chi connectivity index (χ0n) is 12.1. The highest BCUT2D eigenvalue weighted by atomic mass is 35.5. The molecule has 0 saturated carbocycles. The fourth-order valence-corrected chi connectivity index (χ4v) is 4.13. The lowest BCUT2D eigenvalue weighted by molar-refractivity contribution is 0.181. The lowest BCUT2D eigenvalue weighted by Gasteiger charge is -2.39. The molecule has 1 saturated heterocycles. The largest absolute Gasteiger partial charge is 0.312 e. The van der Waals surface area contributed by atoms with Crippen molar-refractivity contribution >= 4 is 21.6 Å². The molecular weight excluding hydrogens is 315 g/mol. The zero-order valence-corrected chi connectivity index (χ0v) is 13.7. The molecule has 1 heterocycles. The normalized spacial score (nSPS) is 22.2. The molecule has 0 aromatic heterocycles. The van der Waals surface area contributed by atoms with Crippen LogP contribution in [0.3, 0.4) is 0 Å². The Morgan fingerprint density at radius 1 is 1.48 bits per heavy atom. The molecule has 4 nitrogen and oxygen atoms in total. The molecule has 1 fully saturated rings. The average Bonchev–Trinajstić information content (AvgIpc) is 2.39. The van der Waals surface area contributed by atoms with Crippen molar-refractivity contribution in [2.75, 3.05) is 13.1 Å². The maximum atomic E-state index is 13.2. The highest BCUT2D eigenvalue weighted by molar-refractivity contribution is 7.89. The first-order valence-corrected chi connectivity index (χ1v) is 8.76. The molecule has 1 unspecified atom stereocenters. The van der Waals surface area contributed by atoms with Crippen molar-refractivity contribution in [3.05, 3.63) is 29.0 Å². The monoisotopic (exact) mass is 334 g/mol. The summed E-state index contributed by atoms with van der Waals surface area (Å²) in [6.07, 6.45) is 2.11. The Kier molecular flexibility index (Phi) is 4.92. The first kappa shape index (κ1) is 16.7. The van der Waals surface area contributed by atoms with Gasteiger partial charge in [0.05, 0.1) is 5.02 Å². The van der Waals surface area contributed by atoms with E-state index in [2.05, 4.69) is 23.9 Å². The summed E-state index contributed by atoms with van der Waals surface area (Å²) >= 11 is 5.86. The number of rotatable bonds is 4. The van der Waals surface area contributed by atoms with Crippen LogP contribution in [0.25, 0.3) is 0 Å². The average molecular weight is 335 g/mol. The van der Waals surface area contributed by atoms with Gasteiger partial charge in [0.2, 0.25) is 10.0 Å². The van der Waals surface area contributed by atoms with Crippen LogP contribution in [0.2, 0.25) is 5.02 Å². The number of benzene rings is 1. The van der Waals surface area contributed by atoms with Crippen LogP contribution in [0.5, 0.6) is 0 Å². The first-order chi connectivity index (χ1) is 9.72. The second-order valence-electron chi connectivity index (χ2n) is 6.03. The molecule has 1 aliphatic heterocycles. The molecule has 21 heavy (non-hydrogen) atoms. The van der Waals surface area contributed by atoms with E-state index in [0.717, 1.165) is 31.5 Å². The van der Waals surface area contributed by atoms with Crippen molar-refractivity contribution in [3.63, 3.8) is 0 Å². The van der Waals surface area contributed by atoms with Crippen LogP contribution in [-0.2, 0) is 10.0 Å². The van der Waals surface area contributed by atoms with Gasteiger partial charge in [0.25, 0.3) is 0 Å². The SMILES string of the molecule is CC1(C)CCCNC1CNS(=O)(=O)c1cc(F)ccc1Cl. The Labute approximate surface area is 130 Å². The van der Waals surface area contributed by atoms with Gasteiger partial charge in [0.15, 0.2) is 0 Å². The Morgan fingerprint density at radius 3 is 2.86 bits per heavy atom. The summed E-state index contributed by atoms with van der Waals surface area (Å²) in [6.45, 7) is 5.33. The highest BCUT2D eigenvalue weighted by Crippen LogP contribution is 2.30. The molecule has 0 amide bonds. The number of sulfonamides is 1. The zero-order chi connectivity index (χ0) is 15.7. The van der Waals surface area contributed by atoms with E-state index >= 15 is 0 Å². The Bertz CT molecular complexity index is 619. The lowest BCUT2D eigenvalue weighted by Crippen LogP contribution is -2.52. The molecule has 7 heteroatoms. The van der Waals surface area contributed by atoms with E-state index in [9.17, 15) is 12.8 Å². The molecule has 1 aliphatic rings. The minimum absolute atomic E-state index is 0.00645. The van der Waals surface area contributed by atoms with E-state index in [-0.39, 0.29) is 27.9 Å². The molecule has 0 spiro atoms. The fraction of sp³-hybridized carbons (Fsp3) is 0.571. The summed E-state index contributed by atoms with van der Waals surface area (Å²) in [5.74, 6) is -0.629. The molecule has 1 aromatic rings. The second kappa shape index (κ2) is 6.20. The Hall–Kier alpha value is -0.690.